The van der Waals surface area contributed by atoms with E-state index in [2.05, 4.69) is 0 Å². The number of nitro benzene ring substituents is 1. The van der Waals surface area contributed by atoms with Gasteiger partial charge in [0.1, 0.15) is 6.04 Å². The number of carbonyl (C=O) groups excluding carboxylic acids is 3. The predicted octanol–water partition coefficient (Wildman–Crippen LogP) is 3.85. The van der Waals surface area contributed by atoms with Crippen LogP contribution in [-0.4, -0.2) is 46.0 Å². The van der Waals surface area contributed by atoms with Crippen LogP contribution in [-0.2, 0) is 9.59 Å². The summed E-state index contributed by atoms with van der Waals surface area (Å²) in [7, 11) is 0. The molecular formula is C26H25N3O5. The zero-order chi connectivity index (χ0) is 24.1. The molecule has 34 heavy (non-hydrogen) atoms. The van der Waals surface area contributed by atoms with E-state index in [1.807, 2.05) is 49.1 Å². The van der Waals surface area contributed by atoms with E-state index in [0.717, 1.165) is 23.2 Å². The van der Waals surface area contributed by atoms with E-state index in [9.17, 15) is 24.5 Å². The fraction of sp³-hybridized carbons (Fsp3) is 0.346. The minimum atomic E-state index is -0.870. The number of ketones is 1. The van der Waals surface area contributed by atoms with Gasteiger partial charge in [-0.15, -0.1) is 0 Å². The molecule has 2 aromatic carbocycles. The molecule has 3 aliphatic rings. The summed E-state index contributed by atoms with van der Waals surface area (Å²) in [6.45, 7) is 4.33. The van der Waals surface area contributed by atoms with Gasteiger partial charge in [-0.2, -0.15) is 0 Å². The van der Waals surface area contributed by atoms with Crippen LogP contribution in [0.3, 0.4) is 0 Å². The highest BCUT2D eigenvalue weighted by molar-refractivity contribution is 6.14. The van der Waals surface area contributed by atoms with Gasteiger partial charge in [0, 0.05) is 35.5 Å². The van der Waals surface area contributed by atoms with Crippen LogP contribution in [0, 0.1) is 22.0 Å². The third-order valence-electron chi connectivity index (χ3n) is 7.21. The van der Waals surface area contributed by atoms with Gasteiger partial charge in [-0.1, -0.05) is 37.6 Å². The summed E-state index contributed by atoms with van der Waals surface area (Å²) in [6.07, 6.45) is 3.56. The summed E-state index contributed by atoms with van der Waals surface area (Å²) in [5, 5.41) is 11.1. The summed E-state index contributed by atoms with van der Waals surface area (Å²) in [6, 6.07) is 11.8. The molecule has 0 bridgehead atoms. The van der Waals surface area contributed by atoms with Crippen molar-refractivity contribution in [2.24, 2.45) is 11.8 Å². The maximum atomic E-state index is 13.9. The minimum absolute atomic E-state index is 0.113. The molecule has 8 heteroatoms. The fourth-order valence-electron chi connectivity index (χ4n) is 5.61. The molecule has 0 aromatic heterocycles. The molecule has 2 amide bonds. The molecule has 3 heterocycles. The lowest BCUT2D eigenvalue weighted by Gasteiger charge is -2.38. The number of likely N-dealkylation sites (tertiary alicyclic amines) is 1. The van der Waals surface area contributed by atoms with Gasteiger partial charge in [-0.3, -0.25) is 29.4 Å². The Hall–Kier alpha value is -3.81. The normalized spacial score (nSPS) is 25.1. The number of nitrogens with zero attached hydrogens (tertiary/aromatic N) is 3. The number of imide groups is 1. The van der Waals surface area contributed by atoms with Gasteiger partial charge in [-0.05, 0) is 37.1 Å². The highest BCUT2D eigenvalue weighted by Crippen LogP contribution is 2.50. The first-order valence-electron chi connectivity index (χ1n) is 11.5. The quantitative estimate of drug-likeness (QED) is 0.281. The summed E-state index contributed by atoms with van der Waals surface area (Å²) < 4.78 is 0. The largest absolute Gasteiger partial charge is 0.352 e. The monoisotopic (exact) mass is 459 g/mol. The van der Waals surface area contributed by atoms with Gasteiger partial charge >= 0.3 is 0 Å². The first-order valence-corrected chi connectivity index (χ1v) is 11.5. The number of non-ortho nitro benzene ring substituents is 1. The van der Waals surface area contributed by atoms with Crippen molar-refractivity contribution in [1.29, 1.82) is 0 Å². The molecule has 2 fully saturated rings. The first-order chi connectivity index (χ1) is 16.3. The Morgan fingerprint density at radius 3 is 2.38 bits per heavy atom. The van der Waals surface area contributed by atoms with E-state index in [4.69, 9.17) is 0 Å². The third kappa shape index (κ3) is 3.16. The Morgan fingerprint density at radius 1 is 1.03 bits per heavy atom. The Labute approximate surface area is 197 Å². The van der Waals surface area contributed by atoms with Crippen molar-refractivity contribution in [1.82, 2.24) is 4.90 Å². The molecule has 0 radical (unpaired) electrons. The van der Waals surface area contributed by atoms with Crippen LogP contribution in [0.4, 0.5) is 11.4 Å². The number of hydrogen-bond donors (Lipinski definition) is 0. The number of benzene rings is 2. The van der Waals surface area contributed by atoms with E-state index in [-0.39, 0.29) is 28.8 Å². The predicted molar refractivity (Wildman–Crippen MR) is 126 cm³/mol. The maximum Gasteiger partial charge on any atom is 0.269 e. The summed E-state index contributed by atoms with van der Waals surface area (Å²) >= 11 is 0. The number of allylic oxidation sites excluding steroid dienone is 1. The number of unbranched alkanes of at least 4 members (excludes halogenated alkanes) is 1. The van der Waals surface area contributed by atoms with Crippen molar-refractivity contribution < 1.29 is 19.3 Å². The number of anilines is 1. The van der Waals surface area contributed by atoms with E-state index in [1.54, 1.807) is 0 Å². The Kier molecular flexibility index (Phi) is 5.31. The molecule has 0 N–H and O–H groups in total. The molecule has 2 saturated heterocycles. The number of carbonyl (C=O) groups is 3. The molecule has 8 nitrogen and oxygen atoms in total. The van der Waals surface area contributed by atoms with Gasteiger partial charge < -0.3 is 4.90 Å². The topological polar surface area (TPSA) is 101 Å². The van der Waals surface area contributed by atoms with Crippen LogP contribution < -0.4 is 4.90 Å². The minimum Gasteiger partial charge on any atom is -0.352 e. The second-order valence-corrected chi connectivity index (χ2v) is 9.11. The number of Topliss-reactive ketones (excluding diaryl/α,β-unsaturated/α-hetero) is 1. The van der Waals surface area contributed by atoms with Crippen LogP contribution in [0.1, 0.15) is 42.6 Å². The molecule has 174 valence electrons. The number of nitro groups is 1. The second kappa shape index (κ2) is 8.20. The average molecular weight is 460 g/mol. The van der Waals surface area contributed by atoms with Gasteiger partial charge in [0.15, 0.2) is 5.78 Å². The number of hydrogen-bond acceptors (Lipinski definition) is 6. The van der Waals surface area contributed by atoms with Crippen molar-refractivity contribution in [2.75, 3.05) is 11.4 Å². The van der Waals surface area contributed by atoms with Crippen LogP contribution in [0.5, 0.6) is 0 Å². The fourth-order valence-corrected chi connectivity index (χ4v) is 5.61. The van der Waals surface area contributed by atoms with Crippen LogP contribution in [0.25, 0.3) is 5.57 Å². The molecule has 0 saturated carbocycles. The number of amides is 2. The van der Waals surface area contributed by atoms with Gasteiger partial charge in [0.2, 0.25) is 11.8 Å². The number of para-hydroxylation sites is 1. The third-order valence-corrected chi connectivity index (χ3v) is 7.21. The lowest BCUT2D eigenvalue weighted by atomic mass is 9.85. The number of fused-ring (bicyclic) bond motifs is 5. The lowest BCUT2D eigenvalue weighted by Crippen LogP contribution is -2.49. The van der Waals surface area contributed by atoms with Gasteiger partial charge in [-0.25, -0.2) is 0 Å². The molecule has 0 unspecified atom stereocenters. The van der Waals surface area contributed by atoms with Gasteiger partial charge in [0.25, 0.3) is 5.69 Å². The Bertz CT molecular complexity index is 1240. The van der Waals surface area contributed by atoms with Gasteiger partial charge in [0.05, 0.1) is 22.8 Å². The zero-order valence-corrected chi connectivity index (χ0v) is 19.0. The molecule has 0 aliphatic carbocycles. The van der Waals surface area contributed by atoms with E-state index < -0.39 is 28.8 Å². The Balaban J connectivity index is 1.62. The van der Waals surface area contributed by atoms with Crippen LogP contribution in [0.2, 0.25) is 0 Å². The smallest absolute Gasteiger partial charge is 0.269 e. The first kappa shape index (κ1) is 22.0. The molecule has 2 aromatic rings. The average Bonchev–Trinajstić information content (AvgIpc) is 3.30. The lowest BCUT2D eigenvalue weighted by molar-refractivity contribution is -0.384. The van der Waals surface area contributed by atoms with E-state index >= 15 is 0 Å². The highest BCUT2D eigenvalue weighted by atomic mass is 16.6. The zero-order valence-electron chi connectivity index (χ0n) is 19.0. The summed E-state index contributed by atoms with van der Waals surface area (Å²) in [5.74, 6) is -2.27. The number of rotatable bonds is 6. The molecular weight excluding hydrogens is 434 g/mol. The maximum absolute atomic E-state index is 13.9. The van der Waals surface area contributed by atoms with Crippen LogP contribution in [0.15, 0.2) is 54.6 Å². The molecule has 4 atom stereocenters. The van der Waals surface area contributed by atoms with Crippen LogP contribution >= 0.6 is 0 Å². The molecule has 0 spiro atoms. The molecule has 5 rings (SSSR count). The Morgan fingerprint density at radius 2 is 1.71 bits per heavy atom. The van der Waals surface area contributed by atoms with Crippen molar-refractivity contribution in [3.8, 4) is 0 Å². The highest BCUT2D eigenvalue weighted by Gasteiger charge is 2.64. The summed E-state index contributed by atoms with van der Waals surface area (Å²) in [4.78, 5) is 54.7. The SMILES string of the molecule is CCCCN1C(=O)[C@@H]2[C@H](C1=O)[C@H](C(=O)c1ccc([N+](=O)[O-])cc1)N1c3ccccc3C(C)=C[C@H]21. The van der Waals surface area contributed by atoms with E-state index in [0.29, 0.717) is 13.0 Å². The summed E-state index contributed by atoms with van der Waals surface area (Å²) in [5.41, 5.74) is 2.96. The molecule has 3 aliphatic heterocycles. The van der Waals surface area contributed by atoms with E-state index in [1.165, 1.54) is 29.2 Å². The van der Waals surface area contributed by atoms with Crippen molar-refractivity contribution >= 4 is 34.5 Å². The standard InChI is InChI=1S/C26H25N3O5/c1-3-4-13-27-25(31)21-20-14-15(2)18-7-5-6-8-19(18)28(20)23(22(21)26(27)32)24(30)16-9-11-17(12-10-16)29(33)34/h5-12,14,20-23H,3-4,13H2,1-2H3/t20-,21+,22+,23-/m1/s1. The second-order valence-electron chi connectivity index (χ2n) is 9.11. The van der Waals surface area contributed by atoms with Crippen molar-refractivity contribution in [3.63, 3.8) is 0 Å². The van der Waals surface area contributed by atoms with Crippen molar-refractivity contribution in [2.45, 2.75) is 38.8 Å². The van der Waals surface area contributed by atoms with Crippen molar-refractivity contribution in [3.05, 3.63) is 75.8 Å².